The molecule has 1 N–H and O–H groups in total. The van der Waals surface area contributed by atoms with Crippen molar-refractivity contribution in [3.8, 4) is 0 Å². The van der Waals surface area contributed by atoms with Crippen molar-refractivity contribution in [3.05, 3.63) is 35.5 Å². The summed E-state index contributed by atoms with van der Waals surface area (Å²) in [5.41, 5.74) is 0.613. The zero-order chi connectivity index (χ0) is 18.6. The number of carbonyl (C=O) groups is 1. The third kappa shape index (κ3) is 3.82. The number of nitrogens with zero attached hydrogens (tertiary/aromatic N) is 5. The maximum Gasteiger partial charge on any atom is 0.252 e. The van der Waals surface area contributed by atoms with E-state index >= 15 is 0 Å². The SMILES string of the molecule is CCNC(=O)c1ccc(N2CCC(c3nnc4n3CCCCC4)CC2)nc1. The van der Waals surface area contributed by atoms with Gasteiger partial charge in [0, 0.05) is 44.7 Å². The van der Waals surface area contributed by atoms with E-state index < -0.39 is 0 Å². The lowest BCUT2D eigenvalue weighted by molar-refractivity contribution is 0.0955. The van der Waals surface area contributed by atoms with Crippen LogP contribution in [0.4, 0.5) is 5.82 Å². The molecule has 0 aromatic carbocycles. The number of nitrogens with one attached hydrogen (secondary N) is 1. The molecule has 0 bridgehead atoms. The molecule has 1 fully saturated rings. The van der Waals surface area contributed by atoms with Gasteiger partial charge in [0.25, 0.3) is 5.91 Å². The molecular weight excluding hydrogens is 340 g/mol. The third-order valence-corrected chi connectivity index (χ3v) is 5.67. The van der Waals surface area contributed by atoms with Crippen molar-refractivity contribution in [2.45, 2.75) is 57.9 Å². The van der Waals surface area contributed by atoms with E-state index in [0.29, 0.717) is 18.0 Å². The molecule has 7 nitrogen and oxygen atoms in total. The van der Waals surface area contributed by atoms with Gasteiger partial charge in [0.05, 0.1) is 5.56 Å². The standard InChI is InChI=1S/C20H28N6O/c1-2-21-20(27)16-7-8-17(22-14-16)25-12-9-15(10-13-25)19-24-23-18-6-4-3-5-11-26(18)19/h7-8,14-15H,2-6,9-13H2,1H3,(H,21,27). The van der Waals surface area contributed by atoms with Crippen LogP contribution in [-0.4, -0.2) is 45.3 Å². The summed E-state index contributed by atoms with van der Waals surface area (Å²) in [6, 6.07) is 3.81. The molecule has 27 heavy (non-hydrogen) atoms. The lowest BCUT2D eigenvalue weighted by atomic mass is 9.95. The van der Waals surface area contributed by atoms with Crippen LogP contribution in [0.15, 0.2) is 18.3 Å². The molecule has 0 radical (unpaired) electrons. The second-order valence-electron chi connectivity index (χ2n) is 7.46. The molecular formula is C20H28N6O. The van der Waals surface area contributed by atoms with Crippen LogP contribution in [0.25, 0.3) is 0 Å². The summed E-state index contributed by atoms with van der Waals surface area (Å²) < 4.78 is 2.38. The maximum atomic E-state index is 11.9. The molecule has 0 aliphatic carbocycles. The number of hydrogen-bond donors (Lipinski definition) is 1. The fraction of sp³-hybridized carbons (Fsp3) is 0.600. The van der Waals surface area contributed by atoms with Gasteiger partial charge in [-0.1, -0.05) is 6.42 Å². The normalized spacial score (nSPS) is 18.0. The Kier molecular flexibility index (Phi) is 5.36. The van der Waals surface area contributed by atoms with Crippen molar-refractivity contribution in [2.75, 3.05) is 24.5 Å². The Morgan fingerprint density at radius 2 is 2.00 bits per heavy atom. The van der Waals surface area contributed by atoms with Gasteiger partial charge in [-0.25, -0.2) is 4.98 Å². The first-order valence-electron chi connectivity index (χ1n) is 10.2. The van der Waals surface area contributed by atoms with E-state index in [0.717, 1.165) is 44.7 Å². The van der Waals surface area contributed by atoms with E-state index in [2.05, 4.69) is 30.0 Å². The van der Waals surface area contributed by atoms with E-state index in [1.807, 2.05) is 19.1 Å². The van der Waals surface area contributed by atoms with Crippen molar-refractivity contribution in [1.82, 2.24) is 25.1 Å². The largest absolute Gasteiger partial charge is 0.357 e. The van der Waals surface area contributed by atoms with Gasteiger partial charge in [0.15, 0.2) is 0 Å². The number of aromatic nitrogens is 4. The van der Waals surface area contributed by atoms with Crippen LogP contribution in [-0.2, 0) is 13.0 Å². The number of hydrogen-bond acceptors (Lipinski definition) is 5. The number of amides is 1. The Balaban J connectivity index is 1.39. The second-order valence-corrected chi connectivity index (χ2v) is 7.46. The molecule has 0 unspecified atom stereocenters. The van der Waals surface area contributed by atoms with Gasteiger partial charge < -0.3 is 14.8 Å². The summed E-state index contributed by atoms with van der Waals surface area (Å²) in [5, 5.41) is 11.8. The van der Waals surface area contributed by atoms with Crippen LogP contribution < -0.4 is 10.2 Å². The quantitative estimate of drug-likeness (QED) is 0.897. The number of fused-ring (bicyclic) bond motifs is 1. The summed E-state index contributed by atoms with van der Waals surface area (Å²) in [6.07, 6.45) is 8.63. The summed E-state index contributed by atoms with van der Waals surface area (Å²) in [7, 11) is 0. The highest BCUT2D eigenvalue weighted by atomic mass is 16.1. The van der Waals surface area contributed by atoms with Gasteiger partial charge in [-0.3, -0.25) is 4.79 Å². The number of carbonyl (C=O) groups excluding carboxylic acids is 1. The second kappa shape index (κ2) is 8.06. The smallest absolute Gasteiger partial charge is 0.252 e. The highest BCUT2D eigenvalue weighted by Crippen LogP contribution is 2.30. The van der Waals surface area contributed by atoms with E-state index in [1.165, 1.54) is 30.9 Å². The average Bonchev–Trinajstić information content (AvgIpc) is 2.96. The lowest BCUT2D eigenvalue weighted by Gasteiger charge is -2.32. The molecule has 4 heterocycles. The monoisotopic (exact) mass is 368 g/mol. The van der Waals surface area contributed by atoms with Crippen LogP contribution in [0.5, 0.6) is 0 Å². The fourth-order valence-electron chi connectivity index (χ4n) is 4.15. The maximum absolute atomic E-state index is 11.9. The van der Waals surface area contributed by atoms with Crippen molar-refractivity contribution >= 4 is 11.7 Å². The van der Waals surface area contributed by atoms with Crippen molar-refractivity contribution in [3.63, 3.8) is 0 Å². The summed E-state index contributed by atoms with van der Waals surface area (Å²) >= 11 is 0. The zero-order valence-corrected chi connectivity index (χ0v) is 16.0. The third-order valence-electron chi connectivity index (χ3n) is 5.67. The van der Waals surface area contributed by atoms with Gasteiger partial charge >= 0.3 is 0 Å². The van der Waals surface area contributed by atoms with Crippen molar-refractivity contribution in [2.24, 2.45) is 0 Å². The van der Waals surface area contributed by atoms with E-state index in [4.69, 9.17) is 0 Å². The molecule has 1 amide bonds. The highest BCUT2D eigenvalue weighted by molar-refractivity contribution is 5.93. The molecule has 4 rings (SSSR count). The number of rotatable bonds is 4. The van der Waals surface area contributed by atoms with Crippen molar-refractivity contribution in [1.29, 1.82) is 0 Å². The minimum absolute atomic E-state index is 0.0669. The number of aryl methyl sites for hydroxylation is 1. The number of piperidine rings is 1. The van der Waals surface area contributed by atoms with Crippen LogP contribution in [0.2, 0.25) is 0 Å². The van der Waals surface area contributed by atoms with Gasteiger partial charge in [0.1, 0.15) is 17.5 Å². The first-order chi connectivity index (χ1) is 13.3. The van der Waals surface area contributed by atoms with E-state index in [1.54, 1.807) is 6.20 Å². The Morgan fingerprint density at radius 1 is 1.15 bits per heavy atom. The average molecular weight is 368 g/mol. The van der Waals surface area contributed by atoms with Crippen LogP contribution in [0.3, 0.4) is 0 Å². The Bertz CT molecular complexity index is 776. The number of pyridine rings is 1. The molecule has 144 valence electrons. The van der Waals surface area contributed by atoms with Crippen molar-refractivity contribution < 1.29 is 4.79 Å². The van der Waals surface area contributed by atoms with Crippen LogP contribution in [0.1, 0.15) is 67.0 Å². The Hall–Kier alpha value is -2.44. The first-order valence-corrected chi connectivity index (χ1v) is 10.2. The molecule has 0 saturated carbocycles. The highest BCUT2D eigenvalue weighted by Gasteiger charge is 2.27. The summed E-state index contributed by atoms with van der Waals surface area (Å²) in [6.45, 7) is 5.53. The molecule has 2 aliphatic heterocycles. The minimum Gasteiger partial charge on any atom is -0.357 e. The molecule has 2 aliphatic rings. The fourth-order valence-corrected chi connectivity index (χ4v) is 4.15. The van der Waals surface area contributed by atoms with Gasteiger partial charge in [0.2, 0.25) is 0 Å². The van der Waals surface area contributed by atoms with Gasteiger partial charge in [-0.2, -0.15) is 0 Å². The topological polar surface area (TPSA) is 75.9 Å². The molecule has 2 aromatic heterocycles. The number of anilines is 1. The zero-order valence-electron chi connectivity index (χ0n) is 16.0. The molecule has 0 atom stereocenters. The first kappa shape index (κ1) is 17.9. The van der Waals surface area contributed by atoms with E-state index in [9.17, 15) is 4.79 Å². The van der Waals surface area contributed by atoms with Gasteiger partial charge in [-0.05, 0) is 44.7 Å². The molecule has 2 aromatic rings. The Morgan fingerprint density at radius 3 is 2.74 bits per heavy atom. The predicted octanol–water partition coefficient (Wildman–Crippen LogP) is 2.53. The predicted molar refractivity (Wildman–Crippen MR) is 104 cm³/mol. The molecule has 7 heteroatoms. The lowest BCUT2D eigenvalue weighted by Crippen LogP contribution is -2.34. The summed E-state index contributed by atoms with van der Waals surface area (Å²) in [5.74, 6) is 3.72. The Labute approximate surface area is 160 Å². The van der Waals surface area contributed by atoms with E-state index in [-0.39, 0.29) is 5.91 Å². The minimum atomic E-state index is -0.0669. The summed E-state index contributed by atoms with van der Waals surface area (Å²) in [4.78, 5) is 18.7. The molecule has 1 saturated heterocycles. The van der Waals surface area contributed by atoms with Crippen LogP contribution >= 0.6 is 0 Å². The molecule has 0 spiro atoms. The van der Waals surface area contributed by atoms with Gasteiger partial charge in [-0.15, -0.1) is 10.2 Å². The van der Waals surface area contributed by atoms with Crippen LogP contribution in [0, 0.1) is 0 Å².